The summed E-state index contributed by atoms with van der Waals surface area (Å²) in [6, 6.07) is 146. The highest BCUT2D eigenvalue weighted by atomic mass is 16.5. The molecule has 0 atom stereocenters. The Labute approximate surface area is 697 Å². The molecule has 0 amide bonds. The van der Waals surface area contributed by atoms with Crippen LogP contribution in [0.2, 0.25) is 0 Å². The van der Waals surface area contributed by atoms with Gasteiger partial charge in [0, 0.05) is 67.4 Å². The molecule has 5 heteroatoms. The molecule has 1 aromatic heterocycles. The number of ether oxygens (including phenoxy) is 1. The van der Waals surface area contributed by atoms with Gasteiger partial charge in [-0.1, -0.05) is 396 Å². The molecule has 17 aromatic carbocycles. The summed E-state index contributed by atoms with van der Waals surface area (Å²) in [5.41, 5.74) is 42.6. The number of ketones is 1. The third kappa shape index (κ3) is 10.2. The molecule has 2 heterocycles. The first-order valence-electron chi connectivity index (χ1n) is 42.7. The SMILES string of the molecule is C.C1CCOC1.O=C1CCc2ccccc2C1.[2H][2H].c1ccc(C(=NNc2cccc3c2-c2ccccc2C32c3ccccc3C3(c4ccccc4-c4ccccc43)c3ccccc32)c2ccccc2)cc1.c1ccc2c(c1)-c1ccccc1C21c2ccccc2C2(c3ccccc3-c3c2ccc2c3[nH]c3c4ccccc4ccc23)c2ccccc21. The van der Waals surface area contributed by atoms with Gasteiger partial charge in [0.25, 0.3) is 0 Å². The van der Waals surface area contributed by atoms with Crippen LogP contribution >= 0.6 is 0 Å². The van der Waals surface area contributed by atoms with Crippen LogP contribution in [0.1, 0.15) is 141 Å². The van der Waals surface area contributed by atoms with Gasteiger partial charge in [-0.15, -0.1) is 0 Å². The predicted molar refractivity (Wildman–Crippen MR) is 491 cm³/mol. The number of Topliss-reactive ketones (excluding diaryl/α,β-unsaturated/α-hetero) is 1. The molecular formula is C114H87N3O2. The van der Waals surface area contributed by atoms with Crippen LogP contribution in [-0.4, -0.2) is 29.7 Å². The summed E-state index contributed by atoms with van der Waals surface area (Å²) in [5.74, 6) is 0.378. The Morgan fingerprint density at radius 1 is 0.303 bits per heavy atom. The lowest BCUT2D eigenvalue weighted by Crippen LogP contribution is -2.43. The number of aromatic amines is 1. The number of benzene rings is 17. The average molecular weight is 1530 g/mol. The summed E-state index contributed by atoms with van der Waals surface area (Å²) < 4.78 is 14.9. The number of aromatic nitrogens is 1. The van der Waals surface area contributed by atoms with Crippen molar-refractivity contribution in [1.82, 2.24) is 4.98 Å². The van der Waals surface area contributed by atoms with Crippen molar-refractivity contribution in [3.05, 3.63) is 506 Å². The number of nitrogens with zero attached hydrogens (tertiary/aromatic N) is 1. The van der Waals surface area contributed by atoms with Crippen molar-refractivity contribution in [2.75, 3.05) is 18.6 Å². The number of anilines is 1. The standard InChI is InChI=1S/C51H34N2.C48H29N.C10H10O.C4H8O.CH4.H2/c1-3-18-34(19-4-1)49(35-20-5-2-6-21-35)53-52-47-33-17-32-46-48(47)38-24-9-12-27-41(38)51(46)44-30-15-13-28-42(44)50(43-29-14-16-31-45(43)51)39-25-10-7-22-36(39)37-23-8-11-26-40(37)50;1-2-14-30-29(13-1)25-26-33-34-27-28-43-44(46(34)49-45(30)33)35-17-5-8-20-38(35)48(43)41-23-11-9-21-39(41)47(40-22-10-12-24-42(40)48)36-18-6-3-15-31(36)32-16-4-7-19-37(32)47;11-10-6-5-8-3-1-2-4-9(8)7-10;1-2-4-5-3-1;;/h1-33,52H;1-28,49H;1-4H,5-7H2;1-4H2;1H4;1H/i;;;;;1+1D. The highest BCUT2D eigenvalue weighted by Gasteiger charge is 2.61. The number of hydrogen-bond acceptors (Lipinski definition) is 4. The molecule has 18 aromatic rings. The van der Waals surface area contributed by atoms with Crippen molar-refractivity contribution < 1.29 is 12.5 Å². The largest absolute Gasteiger partial charge is 0.381 e. The van der Waals surface area contributed by atoms with E-state index in [2.05, 4.69) is 374 Å². The zero-order valence-electron chi connectivity index (χ0n) is 67.2. The lowest BCUT2D eigenvalue weighted by atomic mass is 9.52. The number of hydrazone groups is 1. The highest BCUT2D eigenvalue weighted by molar-refractivity contribution is 6.21. The fraction of sp³-hybridized carbons (Fsp3) is 0.105. The van der Waals surface area contributed by atoms with Crippen LogP contribution in [0.3, 0.4) is 0 Å². The third-order valence-electron chi connectivity index (χ3n) is 27.0. The molecule has 8 aliphatic rings. The maximum atomic E-state index is 11.0. The Morgan fingerprint density at radius 3 is 1.10 bits per heavy atom. The summed E-state index contributed by atoms with van der Waals surface area (Å²) in [4.78, 5) is 15.0. The van der Waals surface area contributed by atoms with E-state index in [1.54, 1.807) is 0 Å². The van der Waals surface area contributed by atoms with Crippen LogP contribution in [0.15, 0.2) is 399 Å². The van der Waals surface area contributed by atoms with Gasteiger partial charge < -0.3 is 9.72 Å². The third-order valence-corrected chi connectivity index (χ3v) is 27.0. The minimum Gasteiger partial charge on any atom is -0.381 e. The number of H-pyrrole nitrogens is 1. The molecule has 1 fully saturated rings. The Balaban J connectivity index is 0.000000123. The van der Waals surface area contributed by atoms with E-state index in [0.29, 0.717) is 12.2 Å². The maximum Gasteiger partial charge on any atom is 0.137 e. The van der Waals surface area contributed by atoms with Crippen molar-refractivity contribution in [1.29, 1.82) is 0 Å². The maximum absolute atomic E-state index is 11.0. The second-order valence-electron chi connectivity index (χ2n) is 32.5. The summed E-state index contributed by atoms with van der Waals surface area (Å²) in [5, 5.41) is 10.3. The number of fused-ring (bicyclic) bond motifs is 39. The van der Waals surface area contributed by atoms with Crippen molar-refractivity contribution in [2.24, 2.45) is 5.10 Å². The first-order chi connectivity index (χ1) is 59.5. The van der Waals surface area contributed by atoms with E-state index in [-0.39, 0.29) is 7.43 Å². The molecule has 0 bridgehead atoms. The van der Waals surface area contributed by atoms with Crippen LogP contribution in [0.25, 0.3) is 77.1 Å². The molecule has 0 saturated carbocycles. The first kappa shape index (κ1) is 70.3. The number of aryl methyl sites for hydroxylation is 1. The summed E-state index contributed by atoms with van der Waals surface area (Å²) >= 11 is 0. The van der Waals surface area contributed by atoms with Gasteiger partial charge in [-0.05, 0) is 164 Å². The number of carbonyl (C=O) groups is 1. The summed E-state index contributed by atoms with van der Waals surface area (Å²) in [7, 11) is 0. The molecular weight excluding hydrogens is 1440 g/mol. The zero-order chi connectivity index (χ0) is 80.1. The zero-order valence-corrected chi connectivity index (χ0v) is 65.2. The predicted octanol–water partition coefficient (Wildman–Crippen LogP) is 26.5. The smallest absolute Gasteiger partial charge is 0.137 e. The Kier molecular flexibility index (Phi) is 16.8. The van der Waals surface area contributed by atoms with E-state index in [1.165, 1.54) is 190 Å². The van der Waals surface area contributed by atoms with E-state index in [9.17, 15) is 4.79 Å². The minimum atomic E-state index is -0.542. The molecule has 7 aliphatic carbocycles. The Hall–Kier alpha value is -14.1. The summed E-state index contributed by atoms with van der Waals surface area (Å²) in [6.07, 6.45) is 4.88. The fourth-order valence-corrected chi connectivity index (χ4v) is 22.5. The van der Waals surface area contributed by atoms with Crippen LogP contribution in [0.5, 0.6) is 0 Å². The van der Waals surface area contributed by atoms with Crippen molar-refractivity contribution in [3.63, 3.8) is 0 Å². The quantitative estimate of drug-likeness (QED) is 0.136. The molecule has 1 aliphatic heterocycles. The lowest BCUT2D eigenvalue weighted by molar-refractivity contribution is -0.118. The van der Waals surface area contributed by atoms with Gasteiger partial charge in [0.15, 0.2) is 0 Å². The molecule has 2 N–H and O–H groups in total. The number of rotatable bonds is 4. The fourth-order valence-electron chi connectivity index (χ4n) is 22.5. The molecule has 0 unspecified atom stereocenters. The van der Waals surface area contributed by atoms with Gasteiger partial charge in [0.05, 0.1) is 44.1 Å². The van der Waals surface area contributed by atoms with E-state index >= 15 is 0 Å². The van der Waals surface area contributed by atoms with E-state index in [1.807, 2.05) is 30.3 Å². The second kappa shape index (κ2) is 28.4. The van der Waals surface area contributed by atoms with E-state index < -0.39 is 21.7 Å². The van der Waals surface area contributed by atoms with Crippen molar-refractivity contribution in [2.45, 2.75) is 61.2 Å². The van der Waals surface area contributed by atoms with Crippen LogP contribution < -0.4 is 5.43 Å². The average Bonchev–Trinajstić information content (AvgIpc) is 1.51. The highest BCUT2D eigenvalue weighted by Crippen LogP contribution is 2.70. The van der Waals surface area contributed by atoms with Crippen molar-refractivity contribution in [3.8, 4) is 44.5 Å². The number of carbonyl (C=O) groups excluding carboxylic acids is 1. The number of nitrogens with one attached hydrogen (secondary N) is 2. The molecule has 5 nitrogen and oxygen atoms in total. The second-order valence-corrected chi connectivity index (χ2v) is 32.5. The topological polar surface area (TPSA) is 66.5 Å². The molecule has 4 spiro atoms. The van der Waals surface area contributed by atoms with Gasteiger partial charge >= 0.3 is 0 Å². The molecule has 0 radical (unpaired) electrons. The Bertz CT molecular complexity index is 6930. The molecule has 570 valence electrons. The first-order valence-corrected chi connectivity index (χ1v) is 41.7. The van der Waals surface area contributed by atoms with Gasteiger partial charge in [-0.25, -0.2) is 0 Å². The molecule has 26 rings (SSSR count). The summed E-state index contributed by atoms with van der Waals surface area (Å²) in [6.45, 7) is 2.00. The van der Waals surface area contributed by atoms with Gasteiger partial charge in [0.2, 0.25) is 0 Å². The monoisotopic (exact) mass is 1530 g/mol. The van der Waals surface area contributed by atoms with Crippen LogP contribution in [-0.2, 0) is 44.0 Å². The van der Waals surface area contributed by atoms with E-state index in [4.69, 9.17) is 12.8 Å². The molecule has 119 heavy (non-hydrogen) atoms. The normalized spacial score (nSPS) is 15.2. The van der Waals surface area contributed by atoms with Gasteiger partial charge in [-0.3, -0.25) is 10.2 Å². The molecule has 1 saturated heterocycles. The Morgan fingerprint density at radius 2 is 0.647 bits per heavy atom. The van der Waals surface area contributed by atoms with Gasteiger partial charge in [-0.2, -0.15) is 5.10 Å². The van der Waals surface area contributed by atoms with Crippen LogP contribution in [0, 0.1) is 0 Å². The minimum absolute atomic E-state index is 0. The van der Waals surface area contributed by atoms with Crippen LogP contribution in [0.4, 0.5) is 5.69 Å². The van der Waals surface area contributed by atoms with Crippen molar-refractivity contribution >= 4 is 49.8 Å². The lowest BCUT2D eigenvalue weighted by Gasteiger charge is -2.48. The van der Waals surface area contributed by atoms with Gasteiger partial charge in [0.1, 0.15) is 5.78 Å². The van der Waals surface area contributed by atoms with E-state index in [0.717, 1.165) is 48.6 Å². The number of hydrogen-bond donors (Lipinski definition) is 2.